The fourth-order valence-electron chi connectivity index (χ4n) is 3.91. The number of hydrogen-bond donors (Lipinski definition) is 3. The molecule has 1 aliphatic rings. The van der Waals surface area contributed by atoms with Crippen LogP contribution in [0.4, 0.5) is 17.3 Å². The molecule has 1 fully saturated rings. The summed E-state index contributed by atoms with van der Waals surface area (Å²) in [6.07, 6.45) is 2.30. The monoisotopic (exact) mass is 526 g/mol. The van der Waals surface area contributed by atoms with Gasteiger partial charge in [0.05, 0.1) is 25.3 Å². The summed E-state index contributed by atoms with van der Waals surface area (Å²) in [7, 11) is 1.79. The first-order valence-corrected chi connectivity index (χ1v) is 12.9. The van der Waals surface area contributed by atoms with Crippen LogP contribution < -0.4 is 19.5 Å². The summed E-state index contributed by atoms with van der Waals surface area (Å²) in [6, 6.07) is 9.40. The van der Waals surface area contributed by atoms with E-state index in [1.165, 1.54) is 37.3 Å². The van der Waals surface area contributed by atoms with E-state index in [-0.39, 0.29) is 27.9 Å². The normalized spacial score (nSPS) is 13.4. The van der Waals surface area contributed by atoms with Gasteiger partial charge in [-0.3, -0.25) is 14.6 Å². The first-order valence-electron chi connectivity index (χ1n) is 11.4. The Labute approximate surface area is 213 Å². The van der Waals surface area contributed by atoms with Gasteiger partial charge in [-0.25, -0.2) is 8.42 Å². The molecule has 0 radical (unpaired) electrons. The number of aromatic amines is 1. The Morgan fingerprint density at radius 2 is 1.86 bits per heavy atom. The third kappa shape index (κ3) is 4.77. The van der Waals surface area contributed by atoms with Crippen LogP contribution in [0.1, 0.15) is 34.8 Å². The van der Waals surface area contributed by atoms with Crippen LogP contribution in [0.5, 0.6) is 11.5 Å². The van der Waals surface area contributed by atoms with Crippen molar-refractivity contribution < 1.29 is 27.2 Å². The lowest BCUT2D eigenvalue weighted by molar-refractivity contribution is 0.0827. The van der Waals surface area contributed by atoms with Gasteiger partial charge in [-0.2, -0.15) is 5.10 Å². The molecule has 2 aromatic heterocycles. The molecule has 4 aromatic rings. The summed E-state index contributed by atoms with van der Waals surface area (Å²) in [5.41, 5.74) is 2.16. The van der Waals surface area contributed by atoms with Gasteiger partial charge in [-0.05, 0) is 37.1 Å². The Kier molecular flexibility index (Phi) is 6.15. The van der Waals surface area contributed by atoms with E-state index in [1.807, 2.05) is 6.07 Å². The maximum absolute atomic E-state index is 13.3. The van der Waals surface area contributed by atoms with Crippen LogP contribution in [-0.2, 0) is 10.0 Å². The molecule has 0 atom stereocenters. The van der Waals surface area contributed by atoms with Gasteiger partial charge < -0.3 is 24.2 Å². The molecule has 3 N–H and O–H groups in total. The predicted molar refractivity (Wildman–Crippen MR) is 136 cm³/mol. The van der Waals surface area contributed by atoms with Crippen molar-refractivity contribution in [2.75, 3.05) is 38.4 Å². The van der Waals surface area contributed by atoms with Crippen LogP contribution in [0.25, 0.3) is 11.0 Å². The zero-order valence-corrected chi connectivity index (χ0v) is 21.5. The van der Waals surface area contributed by atoms with Gasteiger partial charge in [0, 0.05) is 43.4 Å². The zero-order valence-electron chi connectivity index (χ0n) is 20.7. The number of fused-ring (bicyclic) bond motifs is 1. The Hall–Kier alpha value is -4.26. The average Bonchev–Trinajstić information content (AvgIpc) is 3.52. The Bertz CT molecular complexity index is 1590. The summed E-state index contributed by atoms with van der Waals surface area (Å²) in [5, 5.41) is 14.8. The number of rotatable bonds is 9. The number of ether oxygens (including phenoxy) is 2. The van der Waals surface area contributed by atoms with Crippen LogP contribution in [0.3, 0.4) is 0 Å². The van der Waals surface area contributed by atoms with Crippen LogP contribution >= 0.6 is 0 Å². The minimum absolute atomic E-state index is 0.0398. The van der Waals surface area contributed by atoms with Crippen LogP contribution in [0.2, 0.25) is 0 Å². The molecule has 0 bridgehead atoms. The van der Waals surface area contributed by atoms with Gasteiger partial charge in [0.25, 0.3) is 15.9 Å². The van der Waals surface area contributed by atoms with Crippen molar-refractivity contribution >= 4 is 44.2 Å². The molecule has 0 aliphatic heterocycles. The maximum atomic E-state index is 13.3. The van der Waals surface area contributed by atoms with Gasteiger partial charge in [-0.15, -0.1) is 0 Å². The minimum atomic E-state index is -4.22. The molecule has 1 saturated carbocycles. The number of anilines is 3. The highest BCUT2D eigenvalue weighted by Crippen LogP contribution is 2.41. The summed E-state index contributed by atoms with van der Waals surface area (Å²) in [5.74, 6) is 1.27. The summed E-state index contributed by atoms with van der Waals surface area (Å²) in [6.45, 7) is 0. The third-order valence-electron chi connectivity index (χ3n) is 6.01. The van der Waals surface area contributed by atoms with Crippen LogP contribution in [-0.4, -0.2) is 62.9 Å². The highest BCUT2D eigenvalue weighted by Gasteiger charge is 2.27. The van der Waals surface area contributed by atoms with Gasteiger partial charge in [0.2, 0.25) is 0 Å². The standard InChI is InChI=1S/C24H26N6O6S/c1-30(2)24(31)14-7-8-18(34-3)21(9-14)37(32,33)29-23-15-10-20(35-4)17(11-19(15)36-28-23)25-22-12-16(26-27-22)13-5-6-13/h7-13H,5-6H2,1-4H3,(H,28,29)(H2,25,26,27). The number of nitrogens with one attached hydrogen (secondary N) is 3. The quantitative estimate of drug-likeness (QED) is 0.296. The maximum Gasteiger partial charge on any atom is 0.266 e. The third-order valence-corrected chi connectivity index (χ3v) is 7.37. The highest BCUT2D eigenvalue weighted by atomic mass is 32.2. The summed E-state index contributed by atoms with van der Waals surface area (Å²) >= 11 is 0. The molecule has 13 heteroatoms. The molecule has 0 saturated heterocycles. The van der Waals surface area contributed by atoms with E-state index in [4.69, 9.17) is 14.0 Å². The lowest BCUT2D eigenvalue weighted by atomic mass is 10.2. The number of hydrogen-bond acceptors (Lipinski definition) is 9. The molecule has 1 amide bonds. The van der Waals surface area contributed by atoms with Crippen molar-refractivity contribution in [3.05, 3.63) is 47.7 Å². The second kappa shape index (κ2) is 9.32. The number of H-pyrrole nitrogens is 1. The average molecular weight is 527 g/mol. The SMILES string of the molecule is COc1cc2c(NS(=O)(=O)c3cc(C(=O)N(C)C)ccc3OC)noc2cc1Nc1cc(C2CC2)[nH]n1. The minimum Gasteiger partial charge on any atom is -0.495 e. The number of carbonyl (C=O) groups excluding carboxylic acids is 1. The van der Waals surface area contributed by atoms with Crippen LogP contribution in [0.15, 0.2) is 45.8 Å². The highest BCUT2D eigenvalue weighted by molar-refractivity contribution is 7.92. The van der Waals surface area contributed by atoms with Crippen molar-refractivity contribution in [3.63, 3.8) is 0 Å². The van der Waals surface area contributed by atoms with E-state index in [2.05, 4.69) is 25.4 Å². The van der Waals surface area contributed by atoms with Crippen molar-refractivity contribution in [2.24, 2.45) is 0 Å². The van der Waals surface area contributed by atoms with Crippen molar-refractivity contribution in [2.45, 2.75) is 23.7 Å². The number of sulfonamides is 1. The smallest absolute Gasteiger partial charge is 0.266 e. The molecule has 5 rings (SSSR count). The molecular formula is C24H26N6O6S. The van der Waals surface area contributed by atoms with E-state index >= 15 is 0 Å². The van der Waals surface area contributed by atoms with E-state index < -0.39 is 10.0 Å². The van der Waals surface area contributed by atoms with Gasteiger partial charge in [0.15, 0.2) is 17.2 Å². The van der Waals surface area contributed by atoms with Crippen molar-refractivity contribution in [1.82, 2.24) is 20.3 Å². The van der Waals surface area contributed by atoms with E-state index in [9.17, 15) is 13.2 Å². The number of carbonyl (C=O) groups is 1. The number of benzene rings is 2. The second-order valence-corrected chi connectivity index (χ2v) is 10.5. The predicted octanol–water partition coefficient (Wildman–Crippen LogP) is 3.69. The Morgan fingerprint density at radius 3 is 2.54 bits per heavy atom. The molecule has 0 unspecified atom stereocenters. The van der Waals surface area contributed by atoms with E-state index in [1.54, 1.807) is 26.2 Å². The molecule has 37 heavy (non-hydrogen) atoms. The first-order chi connectivity index (χ1) is 17.7. The largest absolute Gasteiger partial charge is 0.495 e. The topological polar surface area (TPSA) is 152 Å². The molecule has 0 spiro atoms. The number of nitrogens with zero attached hydrogens (tertiary/aromatic N) is 3. The van der Waals surface area contributed by atoms with Gasteiger partial charge >= 0.3 is 0 Å². The van der Waals surface area contributed by atoms with Crippen LogP contribution in [0, 0.1) is 0 Å². The zero-order chi connectivity index (χ0) is 26.3. The second-order valence-electron chi connectivity index (χ2n) is 8.86. The molecular weight excluding hydrogens is 500 g/mol. The number of methoxy groups -OCH3 is 2. The van der Waals surface area contributed by atoms with E-state index in [0.717, 1.165) is 18.5 Å². The Balaban J connectivity index is 1.46. The van der Waals surface area contributed by atoms with Crippen molar-refractivity contribution in [3.8, 4) is 11.5 Å². The fourth-order valence-corrected chi connectivity index (χ4v) is 5.12. The summed E-state index contributed by atoms with van der Waals surface area (Å²) < 4.78 is 45.3. The fraction of sp³-hybridized carbons (Fsp3) is 0.292. The lowest BCUT2D eigenvalue weighted by Gasteiger charge is -2.14. The first kappa shape index (κ1) is 24.4. The van der Waals surface area contributed by atoms with Gasteiger partial charge in [-0.1, -0.05) is 5.16 Å². The number of aromatic nitrogens is 3. The molecule has 12 nitrogen and oxygen atoms in total. The molecule has 1 aliphatic carbocycles. The Morgan fingerprint density at radius 1 is 1.11 bits per heavy atom. The van der Waals surface area contributed by atoms with E-state index in [0.29, 0.717) is 34.1 Å². The number of amides is 1. The van der Waals surface area contributed by atoms with Crippen molar-refractivity contribution in [1.29, 1.82) is 0 Å². The molecule has 2 heterocycles. The lowest BCUT2D eigenvalue weighted by Crippen LogP contribution is -2.22. The van der Waals surface area contributed by atoms with Gasteiger partial charge in [0.1, 0.15) is 16.4 Å². The molecule has 194 valence electrons. The molecule has 2 aromatic carbocycles. The summed E-state index contributed by atoms with van der Waals surface area (Å²) in [4.78, 5) is 13.5.